The van der Waals surface area contributed by atoms with Crippen molar-refractivity contribution >= 4 is 15.8 Å². The molecule has 0 saturated carbocycles. The maximum Gasteiger partial charge on any atom is 0.264 e. The number of nitrogens with zero attached hydrogens (tertiary/aromatic N) is 1. The maximum atomic E-state index is 10.4. The van der Waals surface area contributed by atoms with Gasteiger partial charge < -0.3 is 9.80 Å². The molecular formula is C28H55N2O3S+. The van der Waals surface area contributed by atoms with Gasteiger partial charge in [0.1, 0.15) is 0 Å². The van der Waals surface area contributed by atoms with Crippen LogP contribution in [0.3, 0.4) is 0 Å². The summed E-state index contributed by atoms with van der Waals surface area (Å²) in [5, 5.41) is 3.28. The summed E-state index contributed by atoms with van der Waals surface area (Å²) in [5.41, 5.74) is 1.10. The molecule has 0 atom stereocenters. The van der Waals surface area contributed by atoms with Crippen molar-refractivity contribution in [1.29, 1.82) is 0 Å². The third-order valence-corrected chi connectivity index (χ3v) is 7.18. The number of para-hydroxylation sites is 1. The fourth-order valence-electron chi connectivity index (χ4n) is 4.20. The Kier molecular flexibility index (Phi) is 20.5. The quantitative estimate of drug-likeness (QED) is 0.110. The van der Waals surface area contributed by atoms with E-state index >= 15 is 0 Å². The molecule has 0 aliphatic heterocycles. The van der Waals surface area contributed by atoms with Gasteiger partial charge in [0.25, 0.3) is 10.1 Å². The highest BCUT2D eigenvalue weighted by Gasteiger charge is 2.24. The molecule has 200 valence electrons. The van der Waals surface area contributed by atoms with E-state index in [1.54, 1.807) is 0 Å². The minimum Gasteiger partial charge on any atom is -0.385 e. The van der Waals surface area contributed by atoms with E-state index < -0.39 is 10.1 Å². The molecule has 6 heteroatoms. The highest BCUT2D eigenvalue weighted by molar-refractivity contribution is 7.85. The molecule has 0 heterocycles. The van der Waals surface area contributed by atoms with Gasteiger partial charge in [-0.1, -0.05) is 84.4 Å². The Morgan fingerprint density at radius 1 is 0.676 bits per heavy atom. The van der Waals surface area contributed by atoms with E-state index in [0.29, 0.717) is 6.42 Å². The van der Waals surface area contributed by atoms with Crippen LogP contribution in [-0.4, -0.2) is 55.9 Å². The van der Waals surface area contributed by atoms with Crippen LogP contribution in [0.1, 0.15) is 105 Å². The van der Waals surface area contributed by atoms with Gasteiger partial charge in [-0.25, -0.2) is 0 Å². The Balaban J connectivity index is 0.000000641. The second kappa shape index (κ2) is 21.2. The Labute approximate surface area is 212 Å². The van der Waals surface area contributed by atoms with Gasteiger partial charge in [0.05, 0.1) is 31.9 Å². The summed E-state index contributed by atoms with van der Waals surface area (Å²) in [6, 6.07) is 9.96. The molecule has 0 amide bonds. The van der Waals surface area contributed by atoms with E-state index in [4.69, 9.17) is 4.55 Å². The molecule has 0 fully saturated rings. The molecule has 0 aromatic heterocycles. The number of hydrogen-bond donors (Lipinski definition) is 2. The zero-order chi connectivity index (χ0) is 25.5. The first-order valence-electron chi connectivity index (χ1n) is 13.9. The first kappa shape index (κ1) is 32.9. The molecule has 0 aliphatic rings. The second-order valence-corrected chi connectivity index (χ2v) is 11.2. The normalized spacial score (nSPS) is 11.7. The van der Waals surface area contributed by atoms with Crippen molar-refractivity contribution in [3.8, 4) is 0 Å². The van der Waals surface area contributed by atoms with Crippen molar-refractivity contribution in [2.45, 2.75) is 105 Å². The van der Waals surface area contributed by atoms with Crippen LogP contribution in [0.2, 0.25) is 0 Å². The lowest BCUT2D eigenvalue weighted by molar-refractivity contribution is -0.929. The molecule has 0 spiro atoms. The van der Waals surface area contributed by atoms with Crippen LogP contribution >= 0.6 is 0 Å². The Morgan fingerprint density at radius 3 is 1.53 bits per heavy atom. The number of rotatable bonds is 20. The van der Waals surface area contributed by atoms with Crippen molar-refractivity contribution in [2.24, 2.45) is 0 Å². The van der Waals surface area contributed by atoms with E-state index in [1.807, 2.05) is 30.3 Å². The smallest absolute Gasteiger partial charge is 0.264 e. The standard InChI is InChI=1S/C16H36N.C12H19NO3S/c1-5-9-13-17(14-10-6-2,15-11-7-3)16-12-8-4;14-17(15,16)11-7-2-1-6-10-13-12-8-4-3-5-9-12/h5-16H2,1-4H3;3-5,8-9,13H,1-2,6-7,10-11H2,(H,14,15,16)/q+1;. The molecular weight excluding hydrogens is 444 g/mol. The molecule has 1 rings (SSSR count). The third kappa shape index (κ3) is 19.2. The number of anilines is 1. The molecule has 0 radical (unpaired) electrons. The lowest BCUT2D eigenvalue weighted by Gasteiger charge is -2.39. The van der Waals surface area contributed by atoms with Crippen LogP contribution in [-0.2, 0) is 10.1 Å². The summed E-state index contributed by atoms with van der Waals surface area (Å²) in [6.45, 7) is 15.9. The second-order valence-electron chi connectivity index (χ2n) is 9.64. The van der Waals surface area contributed by atoms with Gasteiger partial charge in [-0.05, 0) is 50.7 Å². The van der Waals surface area contributed by atoms with E-state index in [9.17, 15) is 8.42 Å². The highest BCUT2D eigenvalue weighted by atomic mass is 32.2. The average Bonchev–Trinajstić information content (AvgIpc) is 2.83. The predicted molar refractivity (Wildman–Crippen MR) is 149 cm³/mol. The molecule has 5 nitrogen and oxygen atoms in total. The van der Waals surface area contributed by atoms with E-state index in [2.05, 4.69) is 33.0 Å². The van der Waals surface area contributed by atoms with Crippen molar-refractivity contribution in [1.82, 2.24) is 0 Å². The summed E-state index contributed by atoms with van der Waals surface area (Å²) in [5.74, 6) is -0.126. The van der Waals surface area contributed by atoms with Crippen LogP contribution < -0.4 is 5.32 Å². The van der Waals surface area contributed by atoms with Crippen LogP contribution in [0.4, 0.5) is 5.69 Å². The lowest BCUT2D eigenvalue weighted by Crippen LogP contribution is -2.50. The van der Waals surface area contributed by atoms with Crippen molar-refractivity contribution in [3.05, 3.63) is 30.3 Å². The maximum absolute atomic E-state index is 10.4. The zero-order valence-electron chi connectivity index (χ0n) is 22.7. The van der Waals surface area contributed by atoms with Gasteiger partial charge >= 0.3 is 0 Å². The number of quaternary nitrogens is 1. The van der Waals surface area contributed by atoms with Gasteiger partial charge in [-0.2, -0.15) is 8.42 Å². The molecule has 2 N–H and O–H groups in total. The largest absolute Gasteiger partial charge is 0.385 e. The van der Waals surface area contributed by atoms with Gasteiger partial charge in [0.2, 0.25) is 0 Å². The third-order valence-electron chi connectivity index (χ3n) is 6.38. The summed E-state index contributed by atoms with van der Waals surface area (Å²) in [6.07, 6.45) is 14.4. The topological polar surface area (TPSA) is 66.4 Å². The number of hydrogen-bond acceptors (Lipinski definition) is 3. The minimum absolute atomic E-state index is 0.126. The number of benzene rings is 1. The Morgan fingerprint density at radius 2 is 1.12 bits per heavy atom. The summed E-state index contributed by atoms with van der Waals surface area (Å²) >= 11 is 0. The van der Waals surface area contributed by atoms with Crippen LogP contribution in [0.25, 0.3) is 0 Å². The molecule has 34 heavy (non-hydrogen) atoms. The fraction of sp³-hybridized carbons (Fsp3) is 0.786. The number of nitrogens with one attached hydrogen (secondary N) is 1. The zero-order valence-corrected chi connectivity index (χ0v) is 23.6. The summed E-state index contributed by atoms with van der Waals surface area (Å²) in [4.78, 5) is 0. The molecule has 1 aromatic rings. The van der Waals surface area contributed by atoms with E-state index in [0.717, 1.165) is 31.5 Å². The minimum atomic E-state index is -3.78. The molecule has 1 aromatic carbocycles. The molecule has 0 bridgehead atoms. The van der Waals surface area contributed by atoms with Crippen LogP contribution in [0.5, 0.6) is 0 Å². The Bertz CT molecular complexity index is 628. The summed E-state index contributed by atoms with van der Waals surface area (Å²) in [7, 11) is -3.78. The number of unbranched alkanes of at least 4 members (excludes halogenated alkanes) is 7. The molecule has 0 aliphatic carbocycles. The first-order chi connectivity index (χ1) is 16.3. The van der Waals surface area contributed by atoms with Crippen LogP contribution in [0, 0.1) is 0 Å². The van der Waals surface area contributed by atoms with E-state index in [1.165, 1.54) is 82.0 Å². The summed E-state index contributed by atoms with van der Waals surface area (Å²) < 4.78 is 30.8. The van der Waals surface area contributed by atoms with Gasteiger partial charge in [0.15, 0.2) is 0 Å². The highest BCUT2D eigenvalue weighted by Crippen LogP contribution is 2.16. The van der Waals surface area contributed by atoms with Crippen molar-refractivity contribution in [3.63, 3.8) is 0 Å². The van der Waals surface area contributed by atoms with Gasteiger partial charge in [-0.15, -0.1) is 0 Å². The van der Waals surface area contributed by atoms with Gasteiger partial charge in [0, 0.05) is 12.2 Å². The van der Waals surface area contributed by atoms with Gasteiger partial charge in [-0.3, -0.25) is 4.55 Å². The SMILES string of the molecule is CCCC[N+](CCCC)(CCCC)CCCC.O=S(=O)(O)CCCCCCNc1ccccc1. The van der Waals surface area contributed by atoms with Crippen molar-refractivity contribution < 1.29 is 17.5 Å². The van der Waals surface area contributed by atoms with Crippen LogP contribution in [0.15, 0.2) is 30.3 Å². The average molecular weight is 500 g/mol. The first-order valence-corrected chi connectivity index (χ1v) is 15.5. The Hall–Kier alpha value is -1.11. The lowest BCUT2D eigenvalue weighted by atomic mass is 10.1. The fourth-order valence-corrected chi connectivity index (χ4v) is 4.77. The molecule has 0 saturated heterocycles. The van der Waals surface area contributed by atoms with Crippen molar-refractivity contribution in [2.75, 3.05) is 43.8 Å². The van der Waals surface area contributed by atoms with E-state index in [-0.39, 0.29) is 5.75 Å². The predicted octanol–water partition coefficient (Wildman–Crippen LogP) is 7.55. The monoisotopic (exact) mass is 499 g/mol. The molecule has 0 unspecified atom stereocenters.